The second kappa shape index (κ2) is 8.49. The second-order valence-electron chi connectivity index (χ2n) is 5.96. The van der Waals surface area contributed by atoms with E-state index >= 15 is 0 Å². The number of amides is 2. The van der Waals surface area contributed by atoms with E-state index in [0.717, 1.165) is 0 Å². The monoisotopic (exact) mass is 370 g/mol. The molecule has 1 fully saturated rings. The Hall–Kier alpha value is -1.59. The molecule has 130 valence electrons. The number of benzene rings is 1. The number of hydrogen-bond donors (Lipinski definition) is 1. The summed E-state index contributed by atoms with van der Waals surface area (Å²) < 4.78 is 0. The maximum atomic E-state index is 12.2. The highest BCUT2D eigenvalue weighted by Crippen LogP contribution is 2.23. The first-order valence-electron chi connectivity index (χ1n) is 7.90. The molecule has 2 rings (SSSR count). The number of nitrogens with one attached hydrogen (secondary N) is 1. The predicted molar refractivity (Wildman–Crippen MR) is 93.4 cm³/mol. The molecule has 0 atom stereocenters. The Bertz CT molecular complexity index is 641. The number of ketones is 1. The van der Waals surface area contributed by atoms with Gasteiger partial charge in [0.15, 0.2) is 0 Å². The van der Waals surface area contributed by atoms with Gasteiger partial charge in [-0.05, 0) is 38.0 Å². The Morgan fingerprint density at radius 2 is 1.79 bits per heavy atom. The van der Waals surface area contributed by atoms with Gasteiger partial charge in [-0.15, -0.1) is 0 Å². The highest BCUT2D eigenvalue weighted by Gasteiger charge is 2.24. The summed E-state index contributed by atoms with van der Waals surface area (Å²) in [5.41, 5.74) is 0.462. The van der Waals surface area contributed by atoms with Crippen molar-refractivity contribution in [3.8, 4) is 0 Å². The molecule has 2 amide bonds. The summed E-state index contributed by atoms with van der Waals surface area (Å²) >= 11 is 11.8. The molecule has 1 aromatic carbocycles. The van der Waals surface area contributed by atoms with Gasteiger partial charge in [-0.25, -0.2) is 0 Å². The van der Waals surface area contributed by atoms with Crippen molar-refractivity contribution in [1.82, 2.24) is 10.2 Å². The number of likely N-dealkylation sites (tertiary alicyclic amines) is 1. The molecule has 7 heteroatoms. The van der Waals surface area contributed by atoms with Crippen molar-refractivity contribution in [1.29, 1.82) is 0 Å². The van der Waals surface area contributed by atoms with Crippen molar-refractivity contribution in [2.75, 3.05) is 13.1 Å². The van der Waals surface area contributed by atoms with Crippen molar-refractivity contribution in [2.24, 2.45) is 0 Å². The van der Waals surface area contributed by atoms with E-state index in [2.05, 4.69) is 5.32 Å². The molecule has 5 nitrogen and oxygen atoms in total. The van der Waals surface area contributed by atoms with Crippen LogP contribution < -0.4 is 5.32 Å². The van der Waals surface area contributed by atoms with Gasteiger partial charge in [-0.1, -0.05) is 23.2 Å². The molecule has 0 spiro atoms. The zero-order chi connectivity index (χ0) is 17.7. The first-order chi connectivity index (χ1) is 11.4. The Kier molecular flexibility index (Phi) is 6.63. The third-order valence-corrected chi connectivity index (χ3v) is 4.79. The Balaban J connectivity index is 1.82. The van der Waals surface area contributed by atoms with Crippen LogP contribution in [0.15, 0.2) is 18.2 Å². The molecule has 0 radical (unpaired) electrons. The summed E-state index contributed by atoms with van der Waals surface area (Å²) in [4.78, 5) is 36.9. The van der Waals surface area contributed by atoms with Crippen molar-refractivity contribution in [2.45, 2.75) is 38.6 Å². The summed E-state index contributed by atoms with van der Waals surface area (Å²) in [6, 6.07) is 4.78. The normalized spacial score (nSPS) is 15.2. The zero-order valence-electron chi connectivity index (χ0n) is 13.5. The average molecular weight is 371 g/mol. The van der Waals surface area contributed by atoms with Gasteiger partial charge in [0.1, 0.15) is 5.78 Å². The van der Waals surface area contributed by atoms with Crippen LogP contribution in [-0.4, -0.2) is 41.6 Å². The van der Waals surface area contributed by atoms with Crippen molar-refractivity contribution in [3.63, 3.8) is 0 Å². The largest absolute Gasteiger partial charge is 0.349 e. The van der Waals surface area contributed by atoms with E-state index in [1.807, 2.05) is 0 Å². The van der Waals surface area contributed by atoms with Crippen LogP contribution >= 0.6 is 23.2 Å². The minimum absolute atomic E-state index is 0.000500. The molecule has 0 aromatic heterocycles. The first-order valence-corrected chi connectivity index (χ1v) is 8.65. The molecule has 1 aromatic rings. The van der Waals surface area contributed by atoms with Crippen LogP contribution in [0.4, 0.5) is 0 Å². The van der Waals surface area contributed by atoms with Crippen LogP contribution in [0.1, 0.15) is 43.0 Å². The quantitative estimate of drug-likeness (QED) is 0.865. The summed E-state index contributed by atoms with van der Waals surface area (Å²) in [6.45, 7) is 2.66. The van der Waals surface area contributed by atoms with Crippen LogP contribution in [0.2, 0.25) is 10.0 Å². The van der Waals surface area contributed by atoms with Crippen LogP contribution in [0, 0.1) is 0 Å². The number of nitrogens with zero attached hydrogens (tertiary/aromatic N) is 1. The number of Topliss-reactive ketones (excluding diaryl/α,β-unsaturated/α-hetero) is 1. The van der Waals surface area contributed by atoms with Gasteiger partial charge < -0.3 is 15.0 Å². The van der Waals surface area contributed by atoms with Crippen molar-refractivity contribution >= 4 is 40.8 Å². The van der Waals surface area contributed by atoms with Gasteiger partial charge in [0, 0.05) is 37.5 Å². The van der Waals surface area contributed by atoms with E-state index in [-0.39, 0.29) is 36.5 Å². The Morgan fingerprint density at radius 1 is 1.12 bits per heavy atom. The van der Waals surface area contributed by atoms with Gasteiger partial charge in [-0.2, -0.15) is 0 Å². The van der Waals surface area contributed by atoms with Gasteiger partial charge in [0.2, 0.25) is 5.91 Å². The number of rotatable bonds is 5. The third kappa shape index (κ3) is 5.21. The lowest BCUT2D eigenvalue weighted by molar-refractivity contribution is -0.133. The van der Waals surface area contributed by atoms with E-state index in [9.17, 15) is 14.4 Å². The highest BCUT2D eigenvalue weighted by molar-refractivity contribution is 6.42. The van der Waals surface area contributed by atoms with Crippen LogP contribution in [0.3, 0.4) is 0 Å². The Morgan fingerprint density at radius 3 is 2.38 bits per heavy atom. The van der Waals surface area contributed by atoms with Gasteiger partial charge in [0.25, 0.3) is 5.91 Å². The number of carbonyl (C=O) groups is 3. The summed E-state index contributed by atoms with van der Waals surface area (Å²) in [7, 11) is 0. The molecular formula is C17H20Cl2N2O3. The molecule has 0 aliphatic carbocycles. The topological polar surface area (TPSA) is 66.5 Å². The number of carbonyl (C=O) groups excluding carboxylic acids is 3. The molecule has 1 aliphatic heterocycles. The van der Waals surface area contributed by atoms with Crippen LogP contribution in [-0.2, 0) is 9.59 Å². The van der Waals surface area contributed by atoms with Gasteiger partial charge in [0.05, 0.1) is 10.0 Å². The summed E-state index contributed by atoms with van der Waals surface area (Å²) in [5, 5.41) is 3.71. The first kappa shape index (κ1) is 18.7. The standard InChI is InChI=1S/C17H20Cl2N2O3/c1-11(22)2-5-16(23)21-8-6-13(7-9-21)20-17(24)12-3-4-14(18)15(19)10-12/h3-4,10,13H,2,5-9H2,1H3,(H,20,24). The Labute approximate surface area is 151 Å². The number of hydrogen-bond acceptors (Lipinski definition) is 3. The van der Waals surface area contributed by atoms with Gasteiger partial charge in [-0.3, -0.25) is 9.59 Å². The fourth-order valence-electron chi connectivity index (χ4n) is 2.62. The average Bonchev–Trinajstić information content (AvgIpc) is 2.55. The SMILES string of the molecule is CC(=O)CCC(=O)N1CCC(NC(=O)c2ccc(Cl)c(Cl)c2)CC1. The van der Waals surface area contributed by atoms with Crippen molar-refractivity contribution in [3.05, 3.63) is 33.8 Å². The van der Waals surface area contributed by atoms with Gasteiger partial charge >= 0.3 is 0 Å². The lowest BCUT2D eigenvalue weighted by Crippen LogP contribution is -2.46. The minimum Gasteiger partial charge on any atom is -0.349 e. The number of piperidine rings is 1. The molecule has 24 heavy (non-hydrogen) atoms. The molecule has 0 bridgehead atoms. The van der Waals surface area contributed by atoms with Crippen molar-refractivity contribution < 1.29 is 14.4 Å². The fraction of sp³-hybridized carbons (Fsp3) is 0.471. The summed E-state index contributed by atoms with van der Waals surface area (Å²) in [6.07, 6.45) is 1.93. The maximum Gasteiger partial charge on any atom is 0.251 e. The van der Waals surface area contributed by atoms with Crippen LogP contribution in [0.25, 0.3) is 0 Å². The molecule has 1 N–H and O–H groups in total. The molecule has 1 saturated heterocycles. The van der Waals surface area contributed by atoms with E-state index < -0.39 is 0 Å². The molecular weight excluding hydrogens is 351 g/mol. The van der Waals surface area contributed by atoms with E-state index in [4.69, 9.17) is 23.2 Å². The van der Waals surface area contributed by atoms with E-state index in [1.54, 1.807) is 23.1 Å². The predicted octanol–water partition coefficient (Wildman–Crippen LogP) is 3.08. The smallest absolute Gasteiger partial charge is 0.251 e. The van der Waals surface area contributed by atoms with Crippen LogP contribution in [0.5, 0.6) is 0 Å². The summed E-state index contributed by atoms with van der Waals surface area (Å²) in [5.74, 6) is -0.179. The van der Waals surface area contributed by atoms with E-state index in [1.165, 1.54) is 6.92 Å². The molecule has 0 unspecified atom stereocenters. The second-order valence-corrected chi connectivity index (χ2v) is 6.77. The fourth-order valence-corrected chi connectivity index (χ4v) is 2.92. The third-order valence-electron chi connectivity index (χ3n) is 4.06. The number of halogens is 2. The molecule has 1 aliphatic rings. The maximum absolute atomic E-state index is 12.2. The minimum atomic E-state index is -0.199. The highest BCUT2D eigenvalue weighted by atomic mass is 35.5. The lowest BCUT2D eigenvalue weighted by Gasteiger charge is -2.32. The lowest BCUT2D eigenvalue weighted by atomic mass is 10.0. The zero-order valence-corrected chi connectivity index (χ0v) is 15.0. The molecule has 1 heterocycles. The van der Waals surface area contributed by atoms with E-state index in [0.29, 0.717) is 41.5 Å². The molecule has 0 saturated carbocycles.